The first-order valence-electron chi connectivity index (χ1n) is 9.87. The summed E-state index contributed by atoms with van der Waals surface area (Å²) in [6, 6.07) is 8.64. The predicted octanol–water partition coefficient (Wildman–Crippen LogP) is 6.76. The van der Waals surface area contributed by atoms with Crippen LogP contribution in [0.5, 0.6) is 0 Å². The van der Waals surface area contributed by atoms with Crippen molar-refractivity contribution < 1.29 is 24.2 Å². The van der Waals surface area contributed by atoms with Crippen molar-refractivity contribution in [2.75, 3.05) is 31.1 Å². The van der Waals surface area contributed by atoms with Crippen LogP contribution < -0.4 is 4.90 Å². The van der Waals surface area contributed by atoms with Gasteiger partial charge in [-0.05, 0) is 54.7 Å². The number of rotatable bonds is 4. The average molecular weight is 481 g/mol. The van der Waals surface area contributed by atoms with E-state index in [1.54, 1.807) is 4.90 Å². The Bertz CT molecular complexity index is 1020. The number of nitrogens with zero attached hydrogens (tertiary/aromatic N) is 2. The van der Waals surface area contributed by atoms with Gasteiger partial charge in [0.1, 0.15) is 4.90 Å². The van der Waals surface area contributed by atoms with Crippen LogP contribution in [-0.4, -0.2) is 37.0 Å². The van der Waals surface area contributed by atoms with Gasteiger partial charge in [0.2, 0.25) is 5.91 Å². The van der Waals surface area contributed by atoms with Gasteiger partial charge in [-0.15, -0.1) is 0 Å². The monoisotopic (exact) mass is 480 g/mol. The SMILES string of the molecule is Cc1ccc(Cl)cc1N1CCN(C(=O)[C@H]2CC2c2ccc(S(F)(F)(F)(F)F)cc2)CC1. The Balaban J connectivity index is 1.37. The van der Waals surface area contributed by atoms with E-state index in [2.05, 4.69) is 4.90 Å². The summed E-state index contributed by atoms with van der Waals surface area (Å²) >= 11 is 6.10. The summed E-state index contributed by atoms with van der Waals surface area (Å²) in [5.41, 5.74) is 2.62. The second-order valence-corrected chi connectivity index (χ2v) is 11.1. The fourth-order valence-corrected chi connectivity index (χ4v) is 4.95. The van der Waals surface area contributed by atoms with Gasteiger partial charge in [0.05, 0.1) is 0 Å². The standard InChI is InChI=1S/C21H22ClF5N2OS/c1-14-2-5-16(22)12-20(14)28-8-10-29(11-9-28)21(30)19-13-18(19)15-3-6-17(7-4-15)31(23,24,25,26)27/h2-7,12,18-19H,8-11,13H2,1H3/t18?,19-/m0/s1. The number of piperazine rings is 1. The number of hydrogen-bond donors (Lipinski definition) is 0. The summed E-state index contributed by atoms with van der Waals surface area (Å²) in [5.74, 6) is -0.581. The molecule has 0 radical (unpaired) electrons. The molecule has 1 aliphatic heterocycles. The highest BCUT2D eigenvalue weighted by Crippen LogP contribution is 3.02. The molecule has 31 heavy (non-hydrogen) atoms. The van der Waals surface area contributed by atoms with Crippen LogP contribution in [0.4, 0.5) is 25.1 Å². The Labute approximate surface area is 182 Å². The first kappa shape index (κ1) is 22.2. The van der Waals surface area contributed by atoms with Gasteiger partial charge in [0.15, 0.2) is 0 Å². The number of amides is 1. The van der Waals surface area contributed by atoms with E-state index in [9.17, 15) is 24.2 Å². The van der Waals surface area contributed by atoms with Crippen molar-refractivity contribution in [2.24, 2.45) is 5.92 Å². The number of halogens is 6. The lowest BCUT2D eigenvalue weighted by atomic mass is 10.1. The normalized spacial score (nSPS) is 23.8. The predicted molar refractivity (Wildman–Crippen MR) is 114 cm³/mol. The van der Waals surface area contributed by atoms with Crippen molar-refractivity contribution in [3.8, 4) is 0 Å². The van der Waals surface area contributed by atoms with Crippen molar-refractivity contribution in [2.45, 2.75) is 24.2 Å². The van der Waals surface area contributed by atoms with Crippen LogP contribution in [0.3, 0.4) is 0 Å². The molecule has 2 aliphatic rings. The summed E-state index contributed by atoms with van der Waals surface area (Å²) in [4.78, 5) is 14.9. The molecule has 0 N–H and O–H groups in total. The molecule has 1 saturated heterocycles. The lowest BCUT2D eigenvalue weighted by molar-refractivity contribution is -0.133. The van der Waals surface area contributed by atoms with E-state index in [0.717, 1.165) is 23.4 Å². The second kappa shape index (κ2) is 6.75. The van der Waals surface area contributed by atoms with Gasteiger partial charge in [-0.3, -0.25) is 4.79 Å². The Morgan fingerprint density at radius 3 is 2.16 bits per heavy atom. The lowest BCUT2D eigenvalue weighted by Crippen LogP contribution is -2.49. The average Bonchev–Trinajstić information content (AvgIpc) is 3.49. The Kier molecular flexibility index (Phi) is 4.83. The van der Waals surface area contributed by atoms with Gasteiger partial charge in [0.25, 0.3) is 0 Å². The summed E-state index contributed by atoms with van der Waals surface area (Å²) < 4.78 is 64.4. The number of carbonyl (C=O) groups excluding carboxylic acids is 1. The molecular weight excluding hydrogens is 459 g/mol. The number of benzene rings is 2. The third kappa shape index (κ3) is 4.77. The highest BCUT2D eigenvalue weighted by atomic mass is 35.5. The largest absolute Gasteiger partial charge is 0.368 e. The quantitative estimate of drug-likeness (QED) is 0.451. The zero-order valence-electron chi connectivity index (χ0n) is 16.7. The number of anilines is 1. The van der Waals surface area contributed by atoms with Crippen LogP contribution in [0, 0.1) is 12.8 Å². The molecule has 0 aromatic heterocycles. The Morgan fingerprint density at radius 2 is 1.58 bits per heavy atom. The molecular formula is C21H22ClF5N2OS. The Hall–Kier alpha value is -2.00. The molecule has 0 bridgehead atoms. The summed E-state index contributed by atoms with van der Waals surface area (Å²) in [6.07, 6.45) is 0.516. The maximum absolute atomic E-state index is 12.9. The van der Waals surface area contributed by atoms with Crippen molar-refractivity contribution in [1.82, 2.24) is 4.90 Å². The van der Waals surface area contributed by atoms with E-state index >= 15 is 0 Å². The molecule has 2 aromatic rings. The fourth-order valence-electron chi connectivity index (χ4n) is 4.13. The van der Waals surface area contributed by atoms with Crippen molar-refractivity contribution in [1.29, 1.82) is 0 Å². The minimum atomic E-state index is -9.68. The van der Waals surface area contributed by atoms with E-state index in [4.69, 9.17) is 11.6 Å². The summed E-state index contributed by atoms with van der Waals surface area (Å²) in [7, 11) is -9.68. The van der Waals surface area contributed by atoms with Crippen LogP contribution in [0.15, 0.2) is 47.4 Å². The van der Waals surface area contributed by atoms with Gasteiger partial charge < -0.3 is 9.80 Å². The topological polar surface area (TPSA) is 23.6 Å². The van der Waals surface area contributed by atoms with E-state index < -0.39 is 15.1 Å². The minimum Gasteiger partial charge on any atom is -0.368 e. The smallest absolute Gasteiger partial charge is 0.310 e. The molecule has 1 saturated carbocycles. The zero-order valence-corrected chi connectivity index (χ0v) is 18.3. The molecule has 2 atom stereocenters. The molecule has 1 heterocycles. The number of hydrogen-bond acceptors (Lipinski definition) is 2. The molecule has 10 heteroatoms. The molecule has 3 nitrogen and oxygen atoms in total. The van der Waals surface area contributed by atoms with Crippen LogP contribution in [0.25, 0.3) is 0 Å². The van der Waals surface area contributed by atoms with E-state index in [-0.39, 0.29) is 17.7 Å². The second-order valence-electron chi connectivity index (χ2n) is 8.23. The van der Waals surface area contributed by atoms with Crippen LogP contribution in [-0.2, 0) is 4.79 Å². The van der Waals surface area contributed by atoms with Gasteiger partial charge in [-0.25, -0.2) is 0 Å². The van der Waals surface area contributed by atoms with Gasteiger partial charge in [0, 0.05) is 42.8 Å². The van der Waals surface area contributed by atoms with Crippen LogP contribution in [0.1, 0.15) is 23.5 Å². The highest BCUT2D eigenvalue weighted by Gasteiger charge is 2.65. The molecule has 1 unspecified atom stereocenters. The van der Waals surface area contributed by atoms with Gasteiger partial charge in [-0.2, -0.15) is 0 Å². The molecule has 2 fully saturated rings. The number of aryl methyl sites for hydroxylation is 1. The van der Waals surface area contributed by atoms with E-state index in [1.807, 2.05) is 25.1 Å². The van der Waals surface area contributed by atoms with E-state index in [0.29, 0.717) is 55.3 Å². The third-order valence-electron chi connectivity index (χ3n) is 5.96. The highest BCUT2D eigenvalue weighted by molar-refractivity contribution is 8.45. The molecule has 2 aromatic carbocycles. The van der Waals surface area contributed by atoms with Crippen molar-refractivity contribution >= 4 is 33.4 Å². The molecule has 1 aliphatic carbocycles. The lowest BCUT2D eigenvalue weighted by Gasteiger charge is -2.40. The Morgan fingerprint density at radius 1 is 0.968 bits per heavy atom. The van der Waals surface area contributed by atoms with Crippen LogP contribution >= 0.6 is 21.8 Å². The van der Waals surface area contributed by atoms with Crippen molar-refractivity contribution in [3.05, 3.63) is 58.6 Å². The fraction of sp³-hybridized carbons (Fsp3) is 0.381. The van der Waals surface area contributed by atoms with Crippen LogP contribution in [0.2, 0.25) is 5.02 Å². The molecule has 170 valence electrons. The molecule has 1 amide bonds. The van der Waals surface area contributed by atoms with E-state index in [1.165, 1.54) is 0 Å². The first-order chi connectivity index (χ1) is 14.2. The maximum Gasteiger partial charge on any atom is 0.310 e. The molecule has 0 spiro atoms. The summed E-state index contributed by atoms with van der Waals surface area (Å²) in [5, 5.41) is 0.649. The minimum absolute atomic E-state index is 0.0377. The van der Waals surface area contributed by atoms with Crippen molar-refractivity contribution in [3.63, 3.8) is 0 Å². The zero-order chi connectivity index (χ0) is 22.7. The number of carbonyl (C=O) groups is 1. The van der Waals surface area contributed by atoms with Gasteiger partial charge in [-0.1, -0.05) is 49.2 Å². The summed E-state index contributed by atoms with van der Waals surface area (Å²) in [6.45, 7) is 4.39. The van der Waals surface area contributed by atoms with Gasteiger partial charge >= 0.3 is 10.2 Å². The first-order valence-corrected chi connectivity index (χ1v) is 12.2. The molecule has 4 rings (SSSR count). The maximum atomic E-state index is 12.9. The third-order valence-corrected chi connectivity index (χ3v) is 7.36.